The molecular formula is C25H25N5O2S. The molecule has 0 aliphatic carbocycles. The van der Waals surface area contributed by atoms with Crippen molar-refractivity contribution in [3.63, 3.8) is 0 Å². The van der Waals surface area contributed by atoms with Gasteiger partial charge < -0.3 is 4.90 Å². The molecule has 0 N–H and O–H groups in total. The molecule has 0 spiro atoms. The van der Waals surface area contributed by atoms with Crippen LogP contribution in [-0.4, -0.2) is 48.3 Å². The zero-order chi connectivity index (χ0) is 23.3. The van der Waals surface area contributed by atoms with Gasteiger partial charge in [-0.05, 0) is 61.7 Å². The maximum absolute atomic E-state index is 13.3. The SMILES string of the molecule is Cc1ccc(C)c(S(=O)(=O)N2CCN(c3cc(C)c(C#N)c4nc5ccccc5n34)CC2)c1. The van der Waals surface area contributed by atoms with Gasteiger partial charge in [-0.25, -0.2) is 13.4 Å². The molecule has 3 heterocycles. The molecule has 0 radical (unpaired) electrons. The molecule has 1 aliphatic heterocycles. The number of hydrogen-bond acceptors (Lipinski definition) is 5. The Bertz CT molecular complexity index is 1540. The first-order valence-corrected chi connectivity index (χ1v) is 12.4. The molecule has 0 atom stereocenters. The first-order valence-electron chi connectivity index (χ1n) is 10.9. The molecule has 1 saturated heterocycles. The highest BCUT2D eigenvalue weighted by molar-refractivity contribution is 7.89. The molecule has 0 unspecified atom stereocenters. The summed E-state index contributed by atoms with van der Waals surface area (Å²) in [4.78, 5) is 7.29. The van der Waals surface area contributed by atoms with Gasteiger partial charge in [0, 0.05) is 26.2 Å². The molecule has 1 fully saturated rings. The number of aromatic nitrogens is 2. The van der Waals surface area contributed by atoms with Crippen LogP contribution >= 0.6 is 0 Å². The van der Waals surface area contributed by atoms with Gasteiger partial charge in [0.2, 0.25) is 10.0 Å². The van der Waals surface area contributed by atoms with Crippen LogP contribution in [0.2, 0.25) is 0 Å². The van der Waals surface area contributed by atoms with Crippen LogP contribution in [0.5, 0.6) is 0 Å². The molecule has 7 nitrogen and oxygen atoms in total. The second-order valence-corrected chi connectivity index (χ2v) is 10.5. The van der Waals surface area contributed by atoms with Crippen molar-refractivity contribution in [2.75, 3.05) is 31.1 Å². The number of pyridine rings is 1. The van der Waals surface area contributed by atoms with Crippen molar-refractivity contribution >= 4 is 32.5 Å². The molecule has 0 amide bonds. The maximum Gasteiger partial charge on any atom is 0.243 e. The van der Waals surface area contributed by atoms with E-state index >= 15 is 0 Å². The van der Waals surface area contributed by atoms with Crippen molar-refractivity contribution < 1.29 is 8.42 Å². The average molecular weight is 460 g/mol. The Kier molecular flexibility index (Phi) is 5.11. The average Bonchev–Trinajstić information content (AvgIpc) is 3.19. The van der Waals surface area contributed by atoms with Crippen LogP contribution in [0.25, 0.3) is 16.7 Å². The number of rotatable bonds is 3. The van der Waals surface area contributed by atoms with Gasteiger partial charge in [0.15, 0.2) is 5.65 Å². The minimum Gasteiger partial charge on any atom is -0.355 e. The van der Waals surface area contributed by atoms with E-state index in [0.29, 0.717) is 42.3 Å². The van der Waals surface area contributed by atoms with E-state index in [1.54, 1.807) is 10.4 Å². The van der Waals surface area contributed by atoms with Crippen LogP contribution in [0, 0.1) is 32.1 Å². The number of benzene rings is 2. The monoisotopic (exact) mass is 459 g/mol. The number of aryl methyl sites for hydroxylation is 3. The zero-order valence-electron chi connectivity index (χ0n) is 18.9. The third-order valence-electron chi connectivity index (χ3n) is 6.39. The summed E-state index contributed by atoms with van der Waals surface area (Å²) in [7, 11) is -3.56. The van der Waals surface area contributed by atoms with Crippen molar-refractivity contribution in [2.24, 2.45) is 0 Å². The second-order valence-electron chi connectivity index (χ2n) is 8.59. The molecule has 5 rings (SSSR count). The quantitative estimate of drug-likeness (QED) is 0.466. The second kappa shape index (κ2) is 7.87. The fourth-order valence-corrected chi connectivity index (χ4v) is 6.32. The number of imidazole rings is 1. The van der Waals surface area contributed by atoms with Crippen LogP contribution in [0.3, 0.4) is 0 Å². The molecule has 4 aromatic rings. The highest BCUT2D eigenvalue weighted by Crippen LogP contribution is 2.30. The van der Waals surface area contributed by atoms with E-state index < -0.39 is 10.0 Å². The van der Waals surface area contributed by atoms with E-state index in [1.165, 1.54) is 0 Å². The van der Waals surface area contributed by atoms with E-state index in [1.807, 2.05) is 67.6 Å². The van der Waals surface area contributed by atoms with Gasteiger partial charge in [-0.1, -0.05) is 24.3 Å². The third kappa shape index (κ3) is 3.45. The smallest absolute Gasteiger partial charge is 0.243 e. The van der Waals surface area contributed by atoms with E-state index in [-0.39, 0.29) is 0 Å². The van der Waals surface area contributed by atoms with Gasteiger partial charge in [-0.15, -0.1) is 0 Å². The van der Waals surface area contributed by atoms with Crippen LogP contribution < -0.4 is 4.90 Å². The molecule has 0 saturated carbocycles. The number of para-hydroxylation sites is 2. The summed E-state index contributed by atoms with van der Waals surface area (Å²) in [6, 6.07) is 17.7. The minimum atomic E-state index is -3.56. The molecule has 2 aromatic carbocycles. The van der Waals surface area contributed by atoms with Crippen LogP contribution in [0.4, 0.5) is 5.82 Å². The zero-order valence-corrected chi connectivity index (χ0v) is 19.7. The summed E-state index contributed by atoms with van der Waals surface area (Å²) in [5, 5.41) is 9.73. The Morgan fingerprint density at radius 1 is 0.939 bits per heavy atom. The Morgan fingerprint density at radius 2 is 1.67 bits per heavy atom. The molecule has 8 heteroatoms. The normalized spacial score (nSPS) is 15.3. The number of sulfonamides is 1. The Balaban J connectivity index is 1.52. The first kappa shape index (κ1) is 21.4. The first-order chi connectivity index (χ1) is 15.8. The maximum atomic E-state index is 13.3. The summed E-state index contributed by atoms with van der Waals surface area (Å²) < 4.78 is 30.3. The fourth-order valence-electron chi connectivity index (χ4n) is 4.59. The number of nitriles is 1. The van der Waals surface area contributed by atoms with Crippen molar-refractivity contribution in [3.8, 4) is 6.07 Å². The highest BCUT2D eigenvalue weighted by atomic mass is 32.2. The third-order valence-corrected chi connectivity index (χ3v) is 8.43. The molecule has 33 heavy (non-hydrogen) atoms. The van der Waals surface area contributed by atoms with Crippen molar-refractivity contribution in [2.45, 2.75) is 25.7 Å². The lowest BCUT2D eigenvalue weighted by Gasteiger charge is -2.36. The van der Waals surface area contributed by atoms with E-state index in [0.717, 1.165) is 33.5 Å². The lowest BCUT2D eigenvalue weighted by atomic mass is 10.1. The summed E-state index contributed by atoms with van der Waals surface area (Å²) >= 11 is 0. The molecule has 2 aromatic heterocycles. The van der Waals surface area contributed by atoms with Crippen LogP contribution in [0.1, 0.15) is 22.3 Å². The number of hydrogen-bond donors (Lipinski definition) is 0. The number of anilines is 1. The summed E-state index contributed by atoms with van der Waals surface area (Å²) in [5.41, 5.74) is 5.52. The van der Waals surface area contributed by atoms with Crippen molar-refractivity contribution in [1.29, 1.82) is 5.26 Å². The largest absolute Gasteiger partial charge is 0.355 e. The molecular weight excluding hydrogens is 434 g/mol. The van der Waals surface area contributed by atoms with E-state index in [2.05, 4.69) is 11.0 Å². The van der Waals surface area contributed by atoms with E-state index in [4.69, 9.17) is 4.98 Å². The molecule has 0 bridgehead atoms. The van der Waals surface area contributed by atoms with Gasteiger partial charge in [0.05, 0.1) is 21.5 Å². The summed E-state index contributed by atoms with van der Waals surface area (Å²) in [6.45, 7) is 7.55. The van der Waals surface area contributed by atoms with Crippen LogP contribution in [0.15, 0.2) is 53.4 Å². The topological polar surface area (TPSA) is 81.7 Å². The Labute approximate surface area is 193 Å². The van der Waals surface area contributed by atoms with Crippen molar-refractivity contribution in [3.05, 3.63) is 70.8 Å². The predicted molar refractivity (Wildman–Crippen MR) is 129 cm³/mol. The van der Waals surface area contributed by atoms with E-state index in [9.17, 15) is 13.7 Å². The highest BCUT2D eigenvalue weighted by Gasteiger charge is 2.31. The Hall–Kier alpha value is -3.41. The van der Waals surface area contributed by atoms with Gasteiger partial charge in [0.1, 0.15) is 11.9 Å². The molecule has 1 aliphatic rings. The Morgan fingerprint density at radius 3 is 2.39 bits per heavy atom. The number of fused-ring (bicyclic) bond motifs is 3. The predicted octanol–water partition coefficient (Wildman–Crippen LogP) is 3.80. The number of piperazine rings is 1. The van der Waals surface area contributed by atoms with Gasteiger partial charge in [-0.2, -0.15) is 9.57 Å². The number of nitrogens with zero attached hydrogens (tertiary/aromatic N) is 5. The van der Waals surface area contributed by atoms with Gasteiger partial charge in [0.25, 0.3) is 0 Å². The molecule has 168 valence electrons. The van der Waals surface area contributed by atoms with Gasteiger partial charge >= 0.3 is 0 Å². The van der Waals surface area contributed by atoms with Crippen LogP contribution in [-0.2, 0) is 10.0 Å². The lowest BCUT2D eigenvalue weighted by molar-refractivity contribution is 0.383. The standard InChI is InChI=1S/C25H25N5O2S/c1-17-8-9-18(2)23(14-17)33(31,32)29-12-10-28(11-13-29)24-15-19(3)20(16-26)25-27-21-6-4-5-7-22(21)30(24)25/h4-9,14-15H,10-13H2,1-3H3. The van der Waals surface area contributed by atoms with Crippen molar-refractivity contribution in [1.82, 2.24) is 13.7 Å². The minimum absolute atomic E-state index is 0.383. The lowest BCUT2D eigenvalue weighted by Crippen LogP contribution is -2.49. The summed E-state index contributed by atoms with van der Waals surface area (Å²) in [6.07, 6.45) is 0. The fraction of sp³-hybridized carbons (Fsp3) is 0.280. The summed E-state index contributed by atoms with van der Waals surface area (Å²) in [5.74, 6) is 0.930. The van der Waals surface area contributed by atoms with Gasteiger partial charge in [-0.3, -0.25) is 4.40 Å².